The number of ether oxygens (including phenoxy) is 1. The molecule has 1 aliphatic rings. The van der Waals surface area contributed by atoms with Crippen molar-refractivity contribution in [2.75, 3.05) is 23.9 Å². The molecular formula is C23H24N4O3S. The number of amides is 2. The molecule has 0 radical (unpaired) electrons. The van der Waals surface area contributed by atoms with E-state index < -0.39 is 0 Å². The number of aromatic nitrogens is 2. The van der Waals surface area contributed by atoms with Crippen LogP contribution in [0.1, 0.15) is 34.9 Å². The quantitative estimate of drug-likeness (QED) is 0.606. The Morgan fingerprint density at radius 2 is 2.03 bits per heavy atom. The monoisotopic (exact) mass is 436 g/mol. The van der Waals surface area contributed by atoms with Crippen LogP contribution in [0.3, 0.4) is 0 Å². The van der Waals surface area contributed by atoms with Crippen LogP contribution in [-0.4, -0.2) is 35.7 Å². The minimum absolute atomic E-state index is 0.0181. The number of rotatable bonds is 7. The fraction of sp³-hybridized carbons (Fsp3) is 0.304. The number of carbonyl (C=O) groups excluding carboxylic acids is 2. The Hall–Kier alpha value is -3.26. The van der Waals surface area contributed by atoms with Gasteiger partial charge in [-0.2, -0.15) is 0 Å². The molecule has 1 aliphatic heterocycles. The Labute approximate surface area is 185 Å². The van der Waals surface area contributed by atoms with Gasteiger partial charge in [-0.25, -0.2) is 0 Å². The molecule has 7 nitrogen and oxygen atoms in total. The van der Waals surface area contributed by atoms with Crippen LogP contribution in [0, 0.1) is 6.92 Å². The summed E-state index contributed by atoms with van der Waals surface area (Å²) in [7, 11) is 1.63. The predicted octanol–water partition coefficient (Wildman–Crippen LogP) is 3.95. The molecule has 0 bridgehead atoms. The third-order valence-electron chi connectivity index (χ3n) is 5.27. The Balaban J connectivity index is 1.32. The average Bonchev–Trinajstić information content (AvgIpc) is 3.39. The minimum Gasteiger partial charge on any atom is -0.497 e. The van der Waals surface area contributed by atoms with Crippen LogP contribution in [0.5, 0.6) is 5.75 Å². The minimum atomic E-state index is -0.109. The molecule has 8 heteroatoms. The number of nitrogens with zero attached hydrogens (tertiary/aromatic N) is 3. The zero-order valence-electron chi connectivity index (χ0n) is 17.5. The maximum absolute atomic E-state index is 12.5. The van der Waals surface area contributed by atoms with Crippen LogP contribution in [-0.2, 0) is 16.0 Å². The first kappa shape index (κ1) is 21.0. The molecule has 3 aromatic rings. The first-order valence-corrected chi connectivity index (χ1v) is 11.0. The highest BCUT2D eigenvalue weighted by Gasteiger charge is 2.34. The van der Waals surface area contributed by atoms with Gasteiger partial charge >= 0.3 is 0 Å². The zero-order valence-corrected chi connectivity index (χ0v) is 18.3. The van der Waals surface area contributed by atoms with Crippen molar-refractivity contribution >= 4 is 34.0 Å². The molecule has 1 N–H and O–H groups in total. The van der Waals surface area contributed by atoms with Crippen LogP contribution >= 0.6 is 11.3 Å². The second-order valence-electron chi connectivity index (χ2n) is 7.59. The first-order chi connectivity index (χ1) is 15.0. The molecule has 4 rings (SSSR count). The predicted molar refractivity (Wildman–Crippen MR) is 121 cm³/mol. The van der Waals surface area contributed by atoms with E-state index in [4.69, 9.17) is 4.74 Å². The van der Waals surface area contributed by atoms with E-state index in [9.17, 15) is 9.59 Å². The van der Waals surface area contributed by atoms with Crippen molar-refractivity contribution in [3.63, 3.8) is 0 Å². The molecule has 1 unspecified atom stereocenters. The van der Waals surface area contributed by atoms with Gasteiger partial charge in [0.1, 0.15) is 10.8 Å². The molecule has 2 heterocycles. The summed E-state index contributed by atoms with van der Waals surface area (Å²) >= 11 is 1.34. The highest BCUT2D eigenvalue weighted by atomic mass is 32.1. The van der Waals surface area contributed by atoms with Gasteiger partial charge in [0.15, 0.2) is 0 Å². The van der Waals surface area contributed by atoms with E-state index in [-0.39, 0.29) is 17.7 Å². The second-order valence-corrected chi connectivity index (χ2v) is 8.60. The maximum Gasteiger partial charge on any atom is 0.227 e. The van der Waals surface area contributed by atoms with Crippen LogP contribution in [0.2, 0.25) is 0 Å². The average molecular weight is 437 g/mol. The number of nitrogens with one attached hydrogen (secondary N) is 1. The number of aryl methyl sites for hydroxylation is 2. The summed E-state index contributed by atoms with van der Waals surface area (Å²) in [5.74, 6) is 0.745. The zero-order chi connectivity index (χ0) is 21.8. The van der Waals surface area contributed by atoms with E-state index in [1.165, 1.54) is 11.3 Å². The lowest BCUT2D eigenvalue weighted by molar-refractivity contribution is -0.117. The molecule has 2 amide bonds. The molecule has 1 saturated heterocycles. The van der Waals surface area contributed by atoms with Crippen molar-refractivity contribution < 1.29 is 14.3 Å². The van der Waals surface area contributed by atoms with E-state index in [2.05, 4.69) is 15.5 Å². The van der Waals surface area contributed by atoms with E-state index in [1.54, 1.807) is 12.0 Å². The van der Waals surface area contributed by atoms with Gasteiger partial charge in [0.25, 0.3) is 0 Å². The molecule has 2 aromatic carbocycles. The number of hydrogen-bond donors (Lipinski definition) is 1. The van der Waals surface area contributed by atoms with Crippen molar-refractivity contribution in [3.05, 3.63) is 64.7 Å². The number of carbonyl (C=O) groups is 2. The number of methoxy groups -OCH3 is 1. The molecule has 1 aromatic heterocycles. The van der Waals surface area contributed by atoms with E-state index >= 15 is 0 Å². The van der Waals surface area contributed by atoms with Gasteiger partial charge in [-0.15, -0.1) is 10.2 Å². The van der Waals surface area contributed by atoms with Crippen molar-refractivity contribution in [1.82, 2.24) is 10.2 Å². The second kappa shape index (κ2) is 9.26. The third-order valence-corrected chi connectivity index (χ3v) is 6.28. The summed E-state index contributed by atoms with van der Waals surface area (Å²) in [4.78, 5) is 26.6. The molecule has 1 atom stereocenters. The fourth-order valence-electron chi connectivity index (χ4n) is 3.60. The summed E-state index contributed by atoms with van der Waals surface area (Å²) in [6.07, 6.45) is 1.38. The Bertz CT molecular complexity index is 1080. The van der Waals surface area contributed by atoms with Crippen LogP contribution < -0.4 is 15.0 Å². The molecular weight excluding hydrogens is 412 g/mol. The summed E-state index contributed by atoms with van der Waals surface area (Å²) in [6, 6.07) is 15.6. The largest absolute Gasteiger partial charge is 0.497 e. The summed E-state index contributed by atoms with van der Waals surface area (Å²) in [5.41, 5.74) is 3.09. The maximum atomic E-state index is 12.5. The third kappa shape index (κ3) is 5.08. The summed E-state index contributed by atoms with van der Waals surface area (Å²) in [5, 5.41) is 12.4. The Kier molecular flexibility index (Phi) is 6.27. The number of anilines is 2. The van der Waals surface area contributed by atoms with Gasteiger partial charge in [-0.05, 0) is 48.7 Å². The van der Waals surface area contributed by atoms with Crippen molar-refractivity contribution in [3.8, 4) is 5.75 Å². The lowest BCUT2D eigenvalue weighted by Crippen LogP contribution is -2.24. The van der Waals surface area contributed by atoms with Crippen molar-refractivity contribution in [2.24, 2.45) is 0 Å². The first-order valence-electron chi connectivity index (χ1n) is 10.1. The van der Waals surface area contributed by atoms with Crippen LogP contribution in [0.15, 0.2) is 48.5 Å². The smallest absolute Gasteiger partial charge is 0.227 e. The van der Waals surface area contributed by atoms with Crippen molar-refractivity contribution in [2.45, 2.75) is 32.1 Å². The topological polar surface area (TPSA) is 84.4 Å². The lowest BCUT2D eigenvalue weighted by Gasteiger charge is -2.16. The molecule has 160 valence electrons. The highest BCUT2D eigenvalue weighted by Crippen LogP contribution is 2.34. The van der Waals surface area contributed by atoms with E-state index in [0.29, 0.717) is 30.9 Å². The van der Waals surface area contributed by atoms with Gasteiger partial charge in [0, 0.05) is 31.0 Å². The van der Waals surface area contributed by atoms with Gasteiger partial charge in [0.2, 0.25) is 16.9 Å². The molecule has 1 fully saturated rings. The Morgan fingerprint density at radius 3 is 2.77 bits per heavy atom. The van der Waals surface area contributed by atoms with Crippen LogP contribution in [0.4, 0.5) is 10.8 Å². The standard InChI is InChI=1S/C23H24N4O3S/c1-15-4-3-5-18(12-15)27-14-17(13-21(27)29)22-25-26-23(31-22)24-20(28)11-8-16-6-9-19(30-2)10-7-16/h3-7,9-10,12,17H,8,11,13-14H2,1-2H3,(H,24,26,28). The van der Waals surface area contributed by atoms with Gasteiger partial charge in [-0.3, -0.25) is 9.59 Å². The summed E-state index contributed by atoms with van der Waals surface area (Å²) in [6.45, 7) is 2.58. The normalized spacial score (nSPS) is 15.9. The van der Waals surface area contributed by atoms with Gasteiger partial charge in [-0.1, -0.05) is 35.6 Å². The molecule has 0 saturated carbocycles. The van der Waals surface area contributed by atoms with Crippen LogP contribution in [0.25, 0.3) is 0 Å². The molecule has 0 spiro atoms. The molecule has 0 aliphatic carbocycles. The van der Waals surface area contributed by atoms with Crippen molar-refractivity contribution in [1.29, 1.82) is 0 Å². The lowest BCUT2D eigenvalue weighted by atomic mass is 10.1. The van der Waals surface area contributed by atoms with Gasteiger partial charge < -0.3 is 15.0 Å². The number of benzene rings is 2. The SMILES string of the molecule is COc1ccc(CCC(=O)Nc2nnc(C3CC(=O)N(c4cccc(C)c4)C3)s2)cc1. The Morgan fingerprint density at radius 1 is 1.23 bits per heavy atom. The fourth-order valence-corrected chi connectivity index (χ4v) is 4.45. The highest BCUT2D eigenvalue weighted by molar-refractivity contribution is 7.15. The number of hydrogen-bond acceptors (Lipinski definition) is 6. The molecule has 31 heavy (non-hydrogen) atoms. The summed E-state index contributed by atoms with van der Waals surface area (Å²) < 4.78 is 5.14. The van der Waals surface area contributed by atoms with E-state index in [0.717, 1.165) is 27.6 Å². The van der Waals surface area contributed by atoms with Gasteiger partial charge in [0.05, 0.1) is 7.11 Å². The van der Waals surface area contributed by atoms with E-state index in [1.807, 2.05) is 55.5 Å².